The molecule has 38 heavy (non-hydrogen) atoms. The van der Waals surface area contributed by atoms with E-state index in [2.05, 4.69) is 5.32 Å². The van der Waals surface area contributed by atoms with Crippen molar-refractivity contribution in [3.63, 3.8) is 0 Å². The van der Waals surface area contributed by atoms with Gasteiger partial charge >= 0.3 is 12.1 Å². The van der Waals surface area contributed by atoms with Gasteiger partial charge in [-0.05, 0) is 73.0 Å². The number of halogens is 3. The van der Waals surface area contributed by atoms with Gasteiger partial charge in [0.1, 0.15) is 0 Å². The van der Waals surface area contributed by atoms with Crippen molar-refractivity contribution in [3.8, 4) is 0 Å². The lowest BCUT2D eigenvalue weighted by Gasteiger charge is -2.19. The molecule has 1 unspecified atom stereocenters. The summed E-state index contributed by atoms with van der Waals surface area (Å²) >= 11 is 0. The van der Waals surface area contributed by atoms with Gasteiger partial charge in [0.2, 0.25) is 0 Å². The average molecular weight is 545 g/mol. The zero-order valence-corrected chi connectivity index (χ0v) is 20.9. The Morgan fingerprint density at radius 1 is 1.00 bits per heavy atom. The van der Waals surface area contributed by atoms with E-state index in [0.717, 1.165) is 35.9 Å². The number of nitrogens with zero attached hydrogens (tertiary/aromatic N) is 1. The molecule has 0 saturated heterocycles. The highest BCUT2D eigenvalue weighted by molar-refractivity contribution is 7.92. The van der Waals surface area contributed by atoms with Crippen LogP contribution in [0.5, 0.6) is 0 Å². The number of rotatable bonds is 7. The number of esters is 1. The molecule has 198 valence electrons. The normalized spacial score (nSPS) is 14.3. The van der Waals surface area contributed by atoms with Gasteiger partial charge in [0.15, 0.2) is 6.10 Å². The van der Waals surface area contributed by atoms with Crippen LogP contribution >= 0.6 is 0 Å². The third-order valence-electron chi connectivity index (χ3n) is 5.87. The number of ether oxygens (including phenoxy) is 1. The molecule has 11 heteroatoms. The summed E-state index contributed by atoms with van der Waals surface area (Å²) in [6.07, 6.45) is -2.58. The molecule has 0 radical (unpaired) electrons. The van der Waals surface area contributed by atoms with Gasteiger partial charge in [0, 0.05) is 18.3 Å². The fourth-order valence-corrected chi connectivity index (χ4v) is 5.36. The molecule has 3 aromatic carbocycles. The number of anilines is 2. The third kappa shape index (κ3) is 6.05. The molecule has 0 aromatic heterocycles. The molecule has 1 aliphatic heterocycles. The van der Waals surface area contributed by atoms with Gasteiger partial charge in [-0.15, -0.1) is 0 Å². The average Bonchev–Trinajstić information content (AvgIpc) is 3.33. The Hall–Kier alpha value is -4.12. The van der Waals surface area contributed by atoms with E-state index in [1.807, 2.05) is 12.1 Å². The second-order valence-corrected chi connectivity index (χ2v) is 10.4. The first-order chi connectivity index (χ1) is 17.9. The summed E-state index contributed by atoms with van der Waals surface area (Å²) in [5, 5.41) is 2.38. The van der Waals surface area contributed by atoms with Crippen LogP contribution in [-0.4, -0.2) is 32.9 Å². The van der Waals surface area contributed by atoms with Gasteiger partial charge in [-0.25, -0.2) is 13.2 Å². The maximum absolute atomic E-state index is 13.1. The molecule has 7 nitrogen and oxygen atoms in total. The zero-order chi connectivity index (χ0) is 27.5. The molecular formula is C27H23F3N2O5S. The third-order valence-corrected chi connectivity index (χ3v) is 7.69. The summed E-state index contributed by atoms with van der Waals surface area (Å²) in [5.74, 6) is -1.55. The van der Waals surface area contributed by atoms with Crippen molar-refractivity contribution in [2.45, 2.75) is 30.5 Å². The van der Waals surface area contributed by atoms with Crippen LogP contribution in [0.15, 0.2) is 83.8 Å². The molecule has 0 spiro atoms. The maximum Gasteiger partial charge on any atom is 0.416 e. The number of amides is 1. The van der Waals surface area contributed by atoms with Crippen molar-refractivity contribution in [3.05, 3.63) is 95.6 Å². The summed E-state index contributed by atoms with van der Waals surface area (Å²) in [7, 11) is -3.74. The quantitative estimate of drug-likeness (QED) is 0.332. The number of hydrogen-bond acceptors (Lipinski definition) is 5. The fraction of sp³-hybridized carbons (Fsp3) is 0.185. The highest BCUT2D eigenvalue weighted by Crippen LogP contribution is 2.33. The van der Waals surface area contributed by atoms with Crippen LogP contribution in [0.2, 0.25) is 0 Å². The molecule has 0 aliphatic carbocycles. The van der Waals surface area contributed by atoms with E-state index >= 15 is 0 Å². The Labute approximate surface area is 217 Å². The molecule has 1 heterocycles. The van der Waals surface area contributed by atoms with E-state index < -0.39 is 39.7 Å². The SMILES string of the molecule is CC(OC(=O)C=Cc1ccc(S(=O)(=O)N2CCc3ccccc32)cc1)C(=O)Nc1ccc(C(F)(F)F)cc1. The van der Waals surface area contributed by atoms with Crippen LogP contribution in [0.1, 0.15) is 23.6 Å². The van der Waals surface area contributed by atoms with Crippen LogP contribution in [0.3, 0.4) is 0 Å². The van der Waals surface area contributed by atoms with Crippen LogP contribution in [0.25, 0.3) is 6.08 Å². The number of carbonyl (C=O) groups excluding carboxylic acids is 2. The number of carbonyl (C=O) groups is 2. The monoisotopic (exact) mass is 544 g/mol. The molecular weight excluding hydrogens is 521 g/mol. The Balaban J connectivity index is 1.33. The van der Waals surface area contributed by atoms with Gasteiger partial charge < -0.3 is 10.1 Å². The van der Waals surface area contributed by atoms with Gasteiger partial charge in [-0.1, -0.05) is 30.3 Å². The van der Waals surface area contributed by atoms with Crippen LogP contribution < -0.4 is 9.62 Å². The van der Waals surface area contributed by atoms with Crippen molar-refractivity contribution in [2.75, 3.05) is 16.2 Å². The highest BCUT2D eigenvalue weighted by atomic mass is 32.2. The van der Waals surface area contributed by atoms with Crippen LogP contribution in [0.4, 0.5) is 24.5 Å². The molecule has 3 aromatic rings. The van der Waals surface area contributed by atoms with E-state index in [1.165, 1.54) is 29.4 Å². The van der Waals surface area contributed by atoms with Crippen molar-refractivity contribution in [2.24, 2.45) is 0 Å². The molecule has 0 fully saturated rings. The Morgan fingerprint density at radius 2 is 1.66 bits per heavy atom. The smallest absolute Gasteiger partial charge is 0.416 e. The predicted octanol–water partition coefficient (Wildman–Crippen LogP) is 5.04. The van der Waals surface area contributed by atoms with E-state index in [-0.39, 0.29) is 10.6 Å². The Bertz CT molecular complexity index is 1470. The van der Waals surface area contributed by atoms with Crippen LogP contribution in [0, 0.1) is 0 Å². The van der Waals surface area contributed by atoms with Crippen molar-refractivity contribution in [1.82, 2.24) is 0 Å². The number of para-hydroxylation sites is 1. The lowest BCUT2D eigenvalue weighted by atomic mass is 10.2. The second kappa shape index (κ2) is 10.7. The zero-order valence-electron chi connectivity index (χ0n) is 20.1. The molecule has 4 rings (SSSR count). The Kier molecular flexibility index (Phi) is 7.58. The molecule has 1 amide bonds. The first-order valence-corrected chi connectivity index (χ1v) is 13.0. The van der Waals surface area contributed by atoms with Gasteiger partial charge in [-0.2, -0.15) is 13.2 Å². The van der Waals surface area contributed by atoms with Crippen molar-refractivity contribution < 1.29 is 35.9 Å². The standard InChI is InChI=1S/C27H23F3N2O5S/c1-18(26(34)31-22-11-9-21(10-12-22)27(28,29)30)37-25(33)15-8-19-6-13-23(14-7-19)38(35,36)32-17-16-20-4-2-3-5-24(20)32/h2-15,18H,16-17H2,1H3,(H,31,34). The number of benzene rings is 3. The second-order valence-electron chi connectivity index (χ2n) is 8.50. The van der Waals surface area contributed by atoms with Crippen molar-refractivity contribution in [1.29, 1.82) is 0 Å². The minimum Gasteiger partial charge on any atom is -0.449 e. The van der Waals surface area contributed by atoms with Crippen LogP contribution in [-0.2, 0) is 36.9 Å². The fourth-order valence-electron chi connectivity index (χ4n) is 3.85. The molecule has 0 saturated carbocycles. The van der Waals surface area contributed by atoms with Gasteiger partial charge in [0.05, 0.1) is 16.1 Å². The first kappa shape index (κ1) is 26.9. The minimum absolute atomic E-state index is 0.113. The van der Waals surface area contributed by atoms with E-state index in [1.54, 1.807) is 24.3 Å². The predicted molar refractivity (Wildman–Crippen MR) is 136 cm³/mol. The number of hydrogen-bond donors (Lipinski definition) is 1. The number of fused-ring (bicyclic) bond motifs is 1. The maximum atomic E-state index is 13.1. The summed E-state index contributed by atoms with van der Waals surface area (Å²) in [5.41, 5.74) is 1.43. The Morgan fingerprint density at radius 3 is 2.32 bits per heavy atom. The topological polar surface area (TPSA) is 92.8 Å². The number of sulfonamides is 1. The van der Waals surface area contributed by atoms with E-state index in [4.69, 9.17) is 4.74 Å². The van der Waals surface area contributed by atoms with Crippen molar-refractivity contribution >= 4 is 39.4 Å². The summed E-state index contributed by atoms with van der Waals surface area (Å²) in [6.45, 7) is 1.68. The van der Waals surface area contributed by atoms with E-state index in [9.17, 15) is 31.2 Å². The van der Waals surface area contributed by atoms with Gasteiger partial charge in [-0.3, -0.25) is 9.10 Å². The number of nitrogens with one attached hydrogen (secondary N) is 1. The molecule has 1 N–H and O–H groups in total. The number of alkyl halides is 3. The first-order valence-electron chi connectivity index (χ1n) is 11.5. The molecule has 1 atom stereocenters. The van der Waals surface area contributed by atoms with Gasteiger partial charge in [0.25, 0.3) is 15.9 Å². The lowest BCUT2D eigenvalue weighted by molar-refractivity contribution is -0.148. The summed E-state index contributed by atoms with van der Waals surface area (Å²) in [6, 6.07) is 17.2. The summed E-state index contributed by atoms with van der Waals surface area (Å²) < 4.78 is 70.6. The highest BCUT2D eigenvalue weighted by Gasteiger charge is 2.31. The summed E-state index contributed by atoms with van der Waals surface area (Å²) in [4.78, 5) is 24.5. The molecule has 0 bridgehead atoms. The molecule has 1 aliphatic rings. The largest absolute Gasteiger partial charge is 0.449 e. The lowest BCUT2D eigenvalue weighted by Crippen LogP contribution is -2.29. The van der Waals surface area contributed by atoms with E-state index in [0.29, 0.717) is 24.2 Å². The minimum atomic E-state index is -4.49.